The molecule has 1 aromatic rings. The number of carbonyl (C=O) groups is 1. The molecule has 0 saturated carbocycles. The lowest BCUT2D eigenvalue weighted by Gasteiger charge is -2.08. The zero-order valence-electron chi connectivity index (χ0n) is 10.9. The molecule has 0 aliphatic heterocycles. The van der Waals surface area contributed by atoms with Crippen LogP contribution in [-0.2, 0) is 14.4 Å². The van der Waals surface area contributed by atoms with Crippen LogP contribution in [0.5, 0.6) is 0 Å². The standard InChI is InChI=1S/C13H18N2O3/c1-15(2)9-10-18-14-12(13(16)17-3)11-7-5-4-6-8-11/h4-8H,9-10H2,1-3H3/b14-12+. The first kappa shape index (κ1) is 14.2. The van der Waals surface area contributed by atoms with Gasteiger partial charge in [-0.3, -0.25) is 0 Å². The van der Waals surface area contributed by atoms with Crippen LogP contribution in [0.4, 0.5) is 0 Å². The number of hydrogen-bond acceptors (Lipinski definition) is 5. The fraction of sp³-hybridized carbons (Fsp3) is 0.385. The number of nitrogens with zero attached hydrogens (tertiary/aromatic N) is 2. The van der Waals surface area contributed by atoms with Crippen LogP contribution >= 0.6 is 0 Å². The van der Waals surface area contributed by atoms with Gasteiger partial charge in [0.1, 0.15) is 6.61 Å². The Morgan fingerprint density at radius 1 is 1.28 bits per heavy atom. The Morgan fingerprint density at radius 3 is 2.50 bits per heavy atom. The first-order valence-electron chi connectivity index (χ1n) is 5.63. The summed E-state index contributed by atoms with van der Waals surface area (Å²) in [6, 6.07) is 9.09. The Morgan fingerprint density at radius 2 is 1.94 bits per heavy atom. The van der Waals surface area contributed by atoms with Gasteiger partial charge in [-0.2, -0.15) is 0 Å². The van der Waals surface area contributed by atoms with Crippen molar-refractivity contribution in [2.75, 3.05) is 34.4 Å². The molecule has 18 heavy (non-hydrogen) atoms. The maximum absolute atomic E-state index is 11.6. The van der Waals surface area contributed by atoms with E-state index in [-0.39, 0.29) is 5.71 Å². The number of esters is 1. The predicted octanol–water partition coefficient (Wildman–Crippen LogP) is 1.14. The number of ether oxygens (including phenoxy) is 1. The third-order valence-electron chi connectivity index (χ3n) is 2.21. The summed E-state index contributed by atoms with van der Waals surface area (Å²) in [5.41, 5.74) is 0.853. The highest BCUT2D eigenvalue weighted by atomic mass is 16.6. The topological polar surface area (TPSA) is 51.1 Å². The van der Waals surface area contributed by atoms with Crippen molar-refractivity contribution < 1.29 is 14.4 Å². The van der Waals surface area contributed by atoms with E-state index in [0.717, 1.165) is 6.54 Å². The lowest BCUT2D eigenvalue weighted by Crippen LogP contribution is -2.20. The molecule has 0 saturated heterocycles. The van der Waals surface area contributed by atoms with E-state index < -0.39 is 5.97 Å². The van der Waals surface area contributed by atoms with E-state index in [1.165, 1.54) is 7.11 Å². The summed E-state index contributed by atoms with van der Waals surface area (Å²) in [5, 5.41) is 3.85. The Labute approximate surface area is 107 Å². The van der Waals surface area contributed by atoms with Crippen molar-refractivity contribution in [1.29, 1.82) is 0 Å². The van der Waals surface area contributed by atoms with Crippen LogP contribution in [0.2, 0.25) is 0 Å². The van der Waals surface area contributed by atoms with Crippen LogP contribution < -0.4 is 0 Å². The van der Waals surface area contributed by atoms with Gasteiger partial charge < -0.3 is 14.5 Å². The minimum absolute atomic E-state index is 0.178. The first-order chi connectivity index (χ1) is 8.65. The second-order valence-electron chi connectivity index (χ2n) is 3.93. The van der Waals surface area contributed by atoms with Crippen LogP contribution in [0.3, 0.4) is 0 Å². The summed E-state index contributed by atoms with van der Waals surface area (Å²) < 4.78 is 4.68. The first-order valence-corrected chi connectivity index (χ1v) is 5.63. The van der Waals surface area contributed by atoms with Crippen molar-refractivity contribution in [3.63, 3.8) is 0 Å². The highest BCUT2D eigenvalue weighted by molar-refractivity contribution is 6.43. The highest BCUT2D eigenvalue weighted by Gasteiger charge is 2.15. The molecular formula is C13H18N2O3. The summed E-state index contributed by atoms with van der Waals surface area (Å²) in [4.78, 5) is 18.7. The minimum atomic E-state index is -0.508. The summed E-state index contributed by atoms with van der Waals surface area (Å²) in [5.74, 6) is -0.508. The van der Waals surface area contributed by atoms with Crippen LogP contribution in [0.25, 0.3) is 0 Å². The molecule has 0 aliphatic carbocycles. The van der Waals surface area contributed by atoms with Gasteiger partial charge in [-0.15, -0.1) is 0 Å². The van der Waals surface area contributed by atoms with E-state index in [1.807, 2.05) is 37.2 Å². The molecule has 98 valence electrons. The average molecular weight is 250 g/mol. The molecule has 0 aromatic heterocycles. The average Bonchev–Trinajstić information content (AvgIpc) is 2.38. The fourth-order valence-electron chi connectivity index (χ4n) is 1.23. The number of likely N-dealkylation sites (N-methyl/N-ethyl adjacent to an activating group) is 1. The lowest BCUT2D eigenvalue weighted by molar-refractivity contribution is -0.132. The smallest absolute Gasteiger partial charge is 0.360 e. The number of methoxy groups -OCH3 is 1. The molecule has 0 bridgehead atoms. The summed E-state index contributed by atoms with van der Waals surface area (Å²) in [6.07, 6.45) is 0. The van der Waals surface area contributed by atoms with Crippen molar-refractivity contribution in [2.45, 2.75) is 0 Å². The maximum atomic E-state index is 11.6. The van der Waals surface area contributed by atoms with Crippen LogP contribution in [-0.4, -0.2) is 50.9 Å². The SMILES string of the molecule is COC(=O)/C(=N/OCCN(C)C)c1ccccc1. The van der Waals surface area contributed by atoms with Gasteiger partial charge in [0.25, 0.3) is 0 Å². The predicted molar refractivity (Wildman–Crippen MR) is 69.5 cm³/mol. The molecule has 0 fully saturated rings. The van der Waals surface area contributed by atoms with Gasteiger partial charge in [0.2, 0.25) is 0 Å². The lowest BCUT2D eigenvalue weighted by atomic mass is 10.1. The summed E-state index contributed by atoms with van der Waals surface area (Å²) in [6.45, 7) is 1.15. The highest BCUT2D eigenvalue weighted by Crippen LogP contribution is 2.03. The van der Waals surface area contributed by atoms with Gasteiger partial charge in [0.15, 0.2) is 5.71 Å². The number of carbonyl (C=O) groups excluding carboxylic acids is 1. The number of rotatable bonds is 6. The van der Waals surface area contributed by atoms with Gasteiger partial charge in [-0.05, 0) is 14.1 Å². The molecule has 1 rings (SSSR count). The van der Waals surface area contributed by atoms with E-state index in [2.05, 4.69) is 9.89 Å². The van der Waals surface area contributed by atoms with Crippen LogP contribution in [0.15, 0.2) is 35.5 Å². The van der Waals surface area contributed by atoms with Crippen LogP contribution in [0, 0.1) is 0 Å². The number of benzene rings is 1. The van der Waals surface area contributed by atoms with E-state index >= 15 is 0 Å². The second kappa shape index (κ2) is 7.45. The van der Waals surface area contributed by atoms with Crippen molar-refractivity contribution in [3.8, 4) is 0 Å². The molecule has 0 aliphatic rings. The van der Waals surface area contributed by atoms with E-state index in [0.29, 0.717) is 12.2 Å². The van der Waals surface area contributed by atoms with Gasteiger partial charge in [-0.25, -0.2) is 4.79 Å². The molecular weight excluding hydrogens is 232 g/mol. The van der Waals surface area contributed by atoms with Crippen molar-refractivity contribution in [2.24, 2.45) is 5.16 Å². The molecule has 0 N–H and O–H groups in total. The zero-order chi connectivity index (χ0) is 13.4. The molecule has 0 spiro atoms. The van der Waals surface area contributed by atoms with Crippen LogP contribution in [0.1, 0.15) is 5.56 Å². The quantitative estimate of drug-likeness (QED) is 0.329. The minimum Gasteiger partial charge on any atom is -0.464 e. The van der Waals surface area contributed by atoms with Gasteiger partial charge in [0, 0.05) is 12.1 Å². The largest absolute Gasteiger partial charge is 0.464 e. The molecule has 0 heterocycles. The molecule has 5 heteroatoms. The van der Waals surface area contributed by atoms with Crippen molar-refractivity contribution in [3.05, 3.63) is 35.9 Å². The summed E-state index contributed by atoms with van der Waals surface area (Å²) >= 11 is 0. The number of oxime groups is 1. The Bertz CT molecular complexity index is 402. The monoisotopic (exact) mass is 250 g/mol. The van der Waals surface area contributed by atoms with Crippen molar-refractivity contribution >= 4 is 11.7 Å². The van der Waals surface area contributed by atoms with Gasteiger partial charge in [-0.1, -0.05) is 35.5 Å². The fourth-order valence-corrected chi connectivity index (χ4v) is 1.23. The molecule has 0 amide bonds. The Hall–Kier alpha value is -1.88. The van der Waals surface area contributed by atoms with E-state index in [9.17, 15) is 4.79 Å². The zero-order valence-corrected chi connectivity index (χ0v) is 10.9. The molecule has 0 unspecified atom stereocenters. The third-order valence-corrected chi connectivity index (χ3v) is 2.21. The number of hydrogen-bond donors (Lipinski definition) is 0. The second-order valence-corrected chi connectivity index (χ2v) is 3.93. The molecule has 0 radical (unpaired) electrons. The third kappa shape index (κ3) is 4.55. The van der Waals surface area contributed by atoms with E-state index in [4.69, 9.17) is 4.84 Å². The normalized spacial score (nSPS) is 11.4. The van der Waals surface area contributed by atoms with E-state index in [1.54, 1.807) is 12.1 Å². The molecule has 5 nitrogen and oxygen atoms in total. The van der Waals surface area contributed by atoms with Crippen molar-refractivity contribution in [1.82, 2.24) is 4.90 Å². The van der Waals surface area contributed by atoms with Gasteiger partial charge in [0.05, 0.1) is 7.11 Å². The molecule has 1 aromatic carbocycles. The summed E-state index contributed by atoms with van der Waals surface area (Å²) in [7, 11) is 5.19. The Balaban J connectivity index is 2.73. The maximum Gasteiger partial charge on any atom is 0.360 e. The molecule has 0 atom stereocenters. The van der Waals surface area contributed by atoms with Gasteiger partial charge >= 0.3 is 5.97 Å². The Kier molecular flexibility index (Phi) is 5.87.